The monoisotopic (exact) mass is 527 g/mol. The lowest BCUT2D eigenvalue weighted by molar-refractivity contribution is 0.122. The molecule has 6 N–H and O–H groups in total. The maximum atomic E-state index is 6.24. The average molecular weight is 528 g/mol. The zero-order chi connectivity index (χ0) is 27.0. The molecule has 2 aromatic rings. The molecule has 38 heavy (non-hydrogen) atoms. The third kappa shape index (κ3) is 9.97. The van der Waals surface area contributed by atoms with Crippen LogP contribution in [0, 0.1) is 0 Å². The number of nitrogens with one attached hydrogen (secondary N) is 2. The van der Waals surface area contributed by atoms with Gasteiger partial charge in [0, 0.05) is 57.2 Å². The van der Waals surface area contributed by atoms with Gasteiger partial charge in [0.25, 0.3) is 0 Å². The number of aromatic nitrogens is 2. The summed E-state index contributed by atoms with van der Waals surface area (Å²) in [6.07, 6.45) is 2.67. The van der Waals surface area contributed by atoms with E-state index in [1.165, 1.54) is 5.56 Å². The van der Waals surface area contributed by atoms with Gasteiger partial charge in [0.15, 0.2) is 0 Å². The Bertz CT molecular complexity index is 913. The summed E-state index contributed by atoms with van der Waals surface area (Å²) in [6.45, 7) is 12.9. The van der Waals surface area contributed by atoms with Crippen molar-refractivity contribution >= 4 is 17.6 Å². The molecule has 0 radical (unpaired) electrons. The van der Waals surface area contributed by atoms with Crippen LogP contribution >= 0.6 is 0 Å². The maximum Gasteiger partial charge on any atom is 0.226 e. The Hall–Kier alpha value is -3.12. The number of nitrogens with two attached hydrogens (primary N) is 2. The van der Waals surface area contributed by atoms with Gasteiger partial charge < -0.3 is 40.6 Å². The van der Waals surface area contributed by atoms with E-state index in [9.17, 15) is 0 Å². The van der Waals surface area contributed by atoms with Gasteiger partial charge in [-0.3, -0.25) is 0 Å². The van der Waals surface area contributed by atoms with Gasteiger partial charge in [-0.05, 0) is 18.5 Å². The van der Waals surface area contributed by atoms with Gasteiger partial charge in [0.05, 0.1) is 33.0 Å². The summed E-state index contributed by atoms with van der Waals surface area (Å²) in [6, 6.07) is 12.4. The highest BCUT2D eigenvalue weighted by molar-refractivity contribution is 5.55. The summed E-state index contributed by atoms with van der Waals surface area (Å²) in [7, 11) is 0. The van der Waals surface area contributed by atoms with Gasteiger partial charge in [-0.2, -0.15) is 9.97 Å². The van der Waals surface area contributed by atoms with Crippen LogP contribution in [0.5, 0.6) is 0 Å². The molecule has 0 saturated carbocycles. The molecular weight excluding hydrogens is 482 g/mol. The van der Waals surface area contributed by atoms with E-state index in [0.29, 0.717) is 51.2 Å². The first-order valence-electron chi connectivity index (χ1n) is 13.7. The molecule has 210 valence electrons. The molecule has 1 aromatic heterocycles. The number of benzene rings is 1. The van der Waals surface area contributed by atoms with Crippen molar-refractivity contribution in [3.8, 4) is 0 Å². The molecule has 1 aromatic carbocycles. The molecule has 11 nitrogen and oxygen atoms in total. The van der Waals surface area contributed by atoms with Gasteiger partial charge in [-0.25, -0.2) is 5.84 Å². The van der Waals surface area contributed by atoms with E-state index in [0.717, 1.165) is 57.3 Å². The van der Waals surface area contributed by atoms with Crippen LogP contribution in [0.15, 0.2) is 48.3 Å². The van der Waals surface area contributed by atoms with Crippen LogP contribution in [-0.4, -0.2) is 87.2 Å². The number of rotatable bonds is 12. The zero-order valence-electron chi connectivity index (χ0n) is 22.9. The third-order valence-corrected chi connectivity index (χ3v) is 6.09. The minimum absolute atomic E-state index is 0.398. The lowest BCUT2D eigenvalue weighted by Gasteiger charge is -2.31. The van der Waals surface area contributed by atoms with Crippen LogP contribution in [0.3, 0.4) is 0 Å². The summed E-state index contributed by atoms with van der Waals surface area (Å²) in [5.74, 6) is 8.46. The van der Waals surface area contributed by atoms with Gasteiger partial charge in [0.1, 0.15) is 11.6 Å². The largest absolute Gasteiger partial charge is 0.399 e. The van der Waals surface area contributed by atoms with Crippen molar-refractivity contribution in [2.75, 3.05) is 87.4 Å². The average Bonchev–Trinajstić information content (AvgIpc) is 2.98. The Balaban J connectivity index is 0.00000195. The molecule has 2 fully saturated rings. The van der Waals surface area contributed by atoms with Crippen LogP contribution < -0.4 is 32.0 Å². The molecule has 2 aliphatic rings. The lowest BCUT2D eigenvalue weighted by atomic mass is 10.2. The second-order valence-electron chi connectivity index (χ2n) is 8.92. The fourth-order valence-electron chi connectivity index (χ4n) is 4.13. The fourth-order valence-corrected chi connectivity index (χ4v) is 4.13. The number of anilines is 3. The molecule has 11 heteroatoms. The molecule has 4 rings (SSSR count). The number of ether oxygens (including phenoxy) is 2. The van der Waals surface area contributed by atoms with Crippen molar-refractivity contribution in [1.82, 2.24) is 20.3 Å². The van der Waals surface area contributed by atoms with Crippen molar-refractivity contribution in [2.24, 2.45) is 11.6 Å². The number of hydrogen-bond acceptors (Lipinski definition) is 11. The van der Waals surface area contributed by atoms with Crippen LogP contribution in [-0.2, 0) is 16.0 Å². The van der Waals surface area contributed by atoms with E-state index in [1.54, 1.807) is 11.2 Å². The van der Waals surface area contributed by atoms with Crippen LogP contribution in [0.25, 0.3) is 0 Å². The summed E-state index contributed by atoms with van der Waals surface area (Å²) in [4.78, 5) is 14.0. The molecule has 0 aliphatic carbocycles. The third-order valence-electron chi connectivity index (χ3n) is 6.09. The van der Waals surface area contributed by atoms with E-state index in [-0.39, 0.29) is 0 Å². The van der Waals surface area contributed by atoms with Crippen LogP contribution in [0.1, 0.15) is 25.8 Å². The van der Waals surface area contributed by atoms with Crippen LogP contribution in [0.4, 0.5) is 17.6 Å². The number of nitrogens with zero attached hydrogens (tertiary/aromatic N) is 5. The van der Waals surface area contributed by atoms with E-state index in [4.69, 9.17) is 31.0 Å². The molecular formula is C27H45N9O2. The van der Waals surface area contributed by atoms with Crippen molar-refractivity contribution in [2.45, 2.75) is 26.8 Å². The van der Waals surface area contributed by atoms with Gasteiger partial charge in [-0.15, -0.1) is 0 Å². The van der Waals surface area contributed by atoms with E-state index < -0.39 is 0 Å². The van der Waals surface area contributed by atoms with Crippen LogP contribution in [0.2, 0.25) is 0 Å². The minimum atomic E-state index is 0.398. The first-order chi connectivity index (χ1) is 18.7. The Morgan fingerprint density at radius 1 is 0.974 bits per heavy atom. The van der Waals surface area contributed by atoms with E-state index in [2.05, 4.69) is 38.6 Å². The summed E-state index contributed by atoms with van der Waals surface area (Å²) in [5.41, 5.74) is 8.13. The molecule has 0 atom stereocenters. The van der Waals surface area contributed by atoms with Gasteiger partial charge in [0.2, 0.25) is 5.95 Å². The number of morpholine rings is 2. The maximum absolute atomic E-state index is 6.24. The predicted molar refractivity (Wildman–Crippen MR) is 154 cm³/mol. The highest BCUT2D eigenvalue weighted by atomic mass is 16.5. The Kier molecular flexibility index (Phi) is 12.9. The second-order valence-corrected chi connectivity index (χ2v) is 8.92. The highest BCUT2D eigenvalue weighted by Crippen LogP contribution is 2.23. The quantitative estimate of drug-likeness (QED) is 0.183. The molecule has 0 amide bonds. The molecule has 3 heterocycles. The smallest absolute Gasteiger partial charge is 0.226 e. The topological polar surface area (TPSA) is 130 Å². The Morgan fingerprint density at radius 3 is 2.13 bits per heavy atom. The molecule has 2 aliphatic heterocycles. The molecule has 0 bridgehead atoms. The fraction of sp³-hybridized carbons (Fsp3) is 0.556. The number of hydrogen-bond donors (Lipinski definition) is 4. The van der Waals surface area contributed by atoms with E-state index >= 15 is 0 Å². The first kappa shape index (κ1) is 29.4. The zero-order valence-corrected chi connectivity index (χ0v) is 22.9. The minimum Gasteiger partial charge on any atom is -0.399 e. The van der Waals surface area contributed by atoms with Gasteiger partial charge >= 0.3 is 0 Å². The molecule has 0 spiro atoms. The first-order valence-corrected chi connectivity index (χ1v) is 13.7. The summed E-state index contributed by atoms with van der Waals surface area (Å²) in [5, 5.41) is 8.34. The Labute approximate surface area is 227 Å². The predicted octanol–water partition coefficient (Wildman–Crippen LogP) is 1.74. The summed E-state index contributed by atoms with van der Waals surface area (Å²) < 4.78 is 11.0. The van der Waals surface area contributed by atoms with Gasteiger partial charge in [-0.1, -0.05) is 44.2 Å². The van der Waals surface area contributed by atoms with E-state index in [1.807, 2.05) is 32.0 Å². The normalized spacial score (nSPS) is 16.0. The SMILES string of the molecule is CC.N/C(=C\N(N)CCCNCc1ccccc1)CNc1nc(N2CCOCC2)cc(N2CCOCC2)n1. The lowest BCUT2D eigenvalue weighted by Crippen LogP contribution is -2.39. The van der Waals surface area contributed by atoms with Crippen molar-refractivity contribution in [3.63, 3.8) is 0 Å². The number of hydrazine groups is 1. The van der Waals surface area contributed by atoms with Crippen molar-refractivity contribution in [3.05, 3.63) is 53.9 Å². The molecule has 2 saturated heterocycles. The standard InChI is InChI=1S/C25H39N9O2.C2H6/c26-22(20-34(27)8-4-7-28-18-21-5-2-1-3-6-21)19-29-25-30-23(32-9-13-35-14-10-32)17-24(31-25)33-11-15-36-16-12-33;1-2/h1-3,5-6,17,20,28H,4,7-16,18-19,26-27H2,(H,29,30,31);1-2H3/b22-20-;. The Morgan fingerprint density at radius 2 is 1.55 bits per heavy atom. The second kappa shape index (κ2) is 16.7. The summed E-state index contributed by atoms with van der Waals surface area (Å²) >= 11 is 0. The highest BCUT2D eigenvalue weighted by Gasteiger charge is 2.19. The molecule has 0 unspecified atom stereocenters. The van der Waals surface area contributed by atoms with Crippen molar-refractivity contribution in [1.29, 1.82) is 0 Å². The van der Waals surface area contributed by atoms with Crippen molar-refractivity contribution < 1.29 is 9.47 Å².